The molecule has 2 atom stereocenters. The lowest BCUT2D eigenvalue weighted by atomic mass is 9.96. The second kappa shape index (κ2) is 10.3. The Morgan fingerprint density at radius 1 is 1.20 bits per heavy atom. The van der Waals surface area contributed by atoms with E-state index in [1.165, 1.54) is 0 Å². The molecule has 0 aliphatic carbocycles. The Hall–Kier alpha value is -2.81. The van der Waals surface area contributed by atoms with Gasteiger partial charge in [-0.05, 0) is 43.9 Å². The van der Waals surface area contributed by atoms with E-state index in [1.807, 2.05) is 19.1 Å². The number of hydrogen-bond donors (Lipinski definition) is 1. The number of hydrogen-bond acceptors (Lipinski definition) is 6. The average Bonchev–Trinajstić information content (AvgIpc) is 3.06. The molecule has 1 aromatic heterocycles. The Bertz CT molecular complexity index is 769. The molecule has 162 valence electrons. The molecule has 2 unspecified atom stereocenters. The van der Waals surface area contributed by atoms with Crippen LogP contribution in [-0.2, 0) is 30.5 Å². The monoisotopic (exact) mass is 416 g/mol. The molecule has 0 saturated carbocycles. The van der Waals surface area contributed by atoms with Crippen molar-refractivity contribution in [2.24, 2.45) is 0 Å². The molecule has 0 bridgehead atoms. The minimum atomic E-state index is -0.297. The van der Waals surface area contributed by atoms with E-state index >= 15 is 0 Å². The van der Waals surface area contributed by atoms with Crippen LogP contribution in [0.2, 0.25) is 0 Å². The van der Waals surface area contributed by atoms with Gasteiger partial charge in [0, 0.05) is 37.8 Å². The molecule has 2 aliphatic rings. The minimum Gasteiger partial charge on any atom is -0.367 e. The molecule has 3 heterocycles. The molecule has 2 saturated heterocycles. The number of piperidine rings is 1. The predicted octanol–water partition coefficient (Wildman–Crippen LogP) is 0.633. The number of nitrogens with one attached hydrogen (secondary N) is 1. The van der Waals surface area contributed by atoms with Gasteiger partial charge >= 0.3 is 0 Å². The van der Waals surface area contributed by atoms with Crippen LogP contribution in [-0.4, -0.2) is 70.2 Å². The summed E-state index contributed by atoms with van der Waals surface area (Å²) < 4.78 is 5.45. The lowest BCUT2D eigenvalue weighted by Crippen LogP contribution is -2.56. The van der Waals surface area contributed by atoms with Crippen molar-refractivity contribution in [2.75, 3.05) is 19.7 Å². The molecular formula is C21H28N4O5. The molecule has 1 N–H and O–H groups in total. The van der Waals surface area contributed by atoms with Crippen LogP contribution in [0.1, 0.15) is 44.6 Å². The molecule has 2 aliphatic heterocycles. The molecule has 4 amide bonds. The quantitative estimate of drug-likeness (QED) is 0.623. The maximum absolute atomic E-state index is 12.8. The van der Waals surface area contributed by atoms with Crippen LogP contribution >= 0.6 is 0 Å². The third-order valence-electron chi connectivity index (χ3n) is 5.53. The standard InChI is InChI=1S/C21H28N4O5/c1-15(23-18(26)14-30-13-16-7-9-22-10-8-16)17-4-2-3-11-24(17)21(29)12-25-19(27)5-6-20(25)28/h7-10,15,17H,2-6,11-14H2,1H3,(H,23,26). The Balaban J connectivity index is 1.50. The van der Waals surface area contributed by atoms with Crippen molar-refractivity contribution >= 4 is 23.6 Å². The highest BCUT2D eigenvalue weighted by atomic mass is 16.5. The second-order valence-corrected chi connectivity index (χ2v) is 7.73. The second-order valence-electron chi connectivity index (χ2n) is 7.73. The number of nitrogens with zero attached hydrogens (tertiary/aromatic N) is 3. The van der Waals surface area contributed by atoms with E-state index < -0.39 is 0 Å². The number of ether oxygens (including phenoxy) is 1. The van der Waals surface area contributed by atoms with Crippen LogP contribution < -0.4 is 5.32 Å². The molecule has 0 spiro atoms. The van der Waals surface area contributed by atoms with E-state index in [2.05, 4.69) is 10.3 Å². The van der Waals surface area contributed by atoms with E-state index in [4.69, 9.17) is 4.74 Å². The number of carbonyl (C=O) groups is 4. The van der Waals surface area contributed by atoms with Gasteiger partial charge in [-0.3, -0.25) is 29.1 Å². The summed E-state index contributed by atoms with van der Waals surface area (Å²) >= 11 is 0. The Labute approximate surface area is 175 Å². The fourth-order valence-corrected chi connectivity index (χ4v) is 3.94. The smallest absolute Gasteiger partial charge is 0.246 e. The topological polar surface area (TPSA) is 109 Å². The number of carbonyl (C=O) groups excluding carboxylic acids is 4. The zero-order valence-electron chi connectivity index (χ0n) is 17.2. The summed E-state index contributed by atoms with van der Waals surface area (Å²) in [7, 11) is 0. The molecular weight excluding hydrogens is 388 g/mol. The van der Waals surface area contributed by atoms with Crippen LogP contribution in [0.15, 0.2) is 24.5 Å². The van der Waals surface area contributed by atoms with Gasteiger partial charge < -0.3 is 15.0 Å². The predicted molar refractivity (Wildman–Crippen MR) is 107 cm³/mol. The number of amides is 4. The lowest BCUT2D eigenvalue weighted by molar-refractivity contribution is -0.147. The Morgan fingerprint density at radius 2 is 1.90 bits per heavy atom. The number of pyridine rings is 1. The van der Waals surface area contributed by atoms with Gasteiger partial charge in [0.25, 0.3) is 0 Å². The van der Waals surface area contributed by atoms with Gasteiger partial charge in [-0.25, -0.2) is 0 Å². The van der Waals surface area contributed by atoms with Gasteiger partial charge in [0.15, 0.2) is 0 Å². The molecule has 2 fully saturated rings. The average molecular weight is 416 g/mol. The third kappa shape index (κ3) is 5.63. The molecule has 30 heavy (non-hydrogen) atoms. The molecule has 9 nitrogen and oxygen atoms in total. The van der Waals surface area contributed by atoms with Crippen molar-refractivity contribution in [1.82, 2.24) is 20.1 Å². The van der Waals surface area contributed by atoms with Crippen LogP contribution in [0.5, 0.6) is 0 Å². The highest BCUT2D eigenvalue weighted by Gasteiger charge is 2.36. The lowest BCUT2D eigenvalue weighted by Gasteiger charge is -2.40. The fourth-order valence-electron chi connectivity index (χ4n) is 3.94. The maximum atomic E-state index is 12.8. The van der Waals surface area contributed by atoms with Crippen molar-refractivity contribution < 1.29 is 23.9 Å². The summed E-state index contributed by atoms with van der Waals surface area (Å²) in [6.07, 6.45) is 6.24. The summed E-state index contributed by atoms with van der Waals surface area (Å²) in [5.74, 6) is -1.10. The SMILES string of the molecule is CC(NC(=O)COCc1ccncc1)C1CCCCN1C(=O)CN1C(=O)CCC1=O. The summed E-state index contributed by atoms with van der Waals surface area (Å²) in [6.45, 7) is 2.44. The number of likely N-dealkylation sites (tertiary alicyclic amines) is 2. The normalized spacial score (nSPS) is 20.4. The van der Waals surface area contributed by atoms with Crippen molar-refractivity contribution in [2.45, 2.75) is 57.7 Å². The van der Waals surface area contributed by atoms with E-state index in [0.717, 1.165) is 29.7 Å². The van der Waals surface area contributed by atoms with Crippen LogP contribution in [0.3, 0.4) is 0 Å². The Kier molecular flexibility index (Phi) is 7.51. The van der Waals surface area contributed by atoms with Crippen LogP contribution in [0, 0.1) is 0 Å². The van der Waals surface area contributed by atoms with Crippen molar-refractivity contribution in [3.63, 3.8) is 0 Å². The van der Waals surface area contributed by atoms with E-state index in [0.29, 0.717) is 13.2 Å². The van der Waals surface area contributed by atoms with Gasteiger partial charge in [0.05, 0.1) is 12.6 Å². The van der Waals surface area contributed by atoms with Crippen molar-refractivity contribution in [1.29, 1.82) is 0 Å². The zero-order valence-corrected chi connectivity index (χ0v) is 17.2. The van der Waals surface area contributed by atoms with Gasteiger partial charge in [-0.1, -0.05) is 0 Å². The van der Waals surface area contributed by atoms with Crippen LogP contribution in [0.25, 0.3) is 0 Å². The summed E-state index contributed by atoms with van der Waals surface area (Å²) in [5, 5.41) is 2.91. The first-order valence-corrected chi connectivity index (χ1v) is 10.3. The first-order valence-electron chi connectivity index (χ1n) is 10.3. The number of aromatic nitrogens is 1. The zero-order chi connectivity index (χ0) is 21.5. The van der Waals surface area contributed by atoms with Gasteiger partial charge in [-0.15, -0.1) is 0 Å². The molecule has 9 heteroatoms. The van der Waals surface area contributed by atoms with Gasteiger partial charge in [0.2, 0.25) is 23.6 Å². The molecule has 0 radical (unpaired) electrons. The summed E-state index contributed by atoms with van der Waals surface area (Å²) in [6, 6.07) is 3.20. The van der Waals surface area contributed by atoms with Crippen molar-refractivity contribution in [3.8, 4) is 0 Å². The van der Waals surface area contributed by atoms with Gasteiger partial charge in [0.1, 0.15) is 13.2 Å². The molecule has 1 aromatic rings. The van der Waals surface area contributed by atoms with E-state index in [1.54, 1.807) is 17.3 Å². The highest BCUT2D eigenvalue weighted by molar-refractivity contribution is 6.04. The summed E-state index contributed by atoms with van der Waals surface area (Å²) in [5.41, 5.74) is 0.931. The minimum absolute atomic E-state index is 0.0793. The Morgan fingerprint density at radius 3 is 2.60 bits per heavy atom. The third-order valence-corrected chi connectivity index (χ3v) is 5.53. The van der Waals surface area contributed by atoms with E-state index in [9.17, 15) is 19.2 Å². The van der Waals surface area contributed by atoms with Gasteiger partial charge in [-0.2, -0.15) is 0 Å². The van der Waals surface area contributed by atoms with Crippen LogP contribution in [0.4, 0.5) is 0 Å². The number of imide groups is 1. The fraction of sp³-hybridized carbons (Fsp3) is 0.571. The molecule has 3 rings (SSSR count). The maximum Gasteiger partial charge on any atom is 0.246 e. The largest absolute Gasteiger partial charge is 0.367 e. The first-order chi connectivity index (χ1) is 14.5. The first kappa shape index (κ1) is 21.9. The van der Waals surface area contributed by atoms with E-state index in [-0.39, 0.29) is 61.7 Å². The van der Waals surface area contributed by atoms with Crippen molar-refractivity contribution in [3.05, 3.63) is 30.1 Å². The summed E-state index contributed by atoms with van der Waals surface area (Å²) in [4.78, 5) is 55.4. The highest BCUT2D eigenvalue weighted by Crippen LogP contribution is 2.21. The number of rotatable bonds is 8. The molecule has 0 aromatic carbocycles.